The standard InChI is InChI=1S/C18H31ClN2/c1-15(16-11-7-8-12-17(16)19)21(5)14-10-6-9-13-20-18(2,3)4/h7-8,11-12,15,20H,6,9-10,13-14H2,1-5H3. The second-order valence-corrected chi connectivity index (χ2v) is 7.32. The van der Waals surface area contributed by atoms with Gasteiger partial charge >= 0.3 is 0 Å². The summed E-state index contributed by atoms with van der Waals surface area (Å²) >= 11 is 6.27. The van der Waals surface area contributed by atoms with E-state index in [1.807, 2.05) is 12.1 Å². The van der Waals surface area contributed by atoms with Crippen molar-refractivity contribution < 1.29 is 0 Å². The molecule has 0 saturated carbocycles. The molecule has 0 aliphatic heterocycles. The van der Waals surface area contributed by atoms with Gasteiger partial charge in [-0.2, -0.15) is 0 Å². The molecule has 1 rings (SSSR count). The molecule has 1 aromatic rings. The van der Waals surface area contributed by atoms with Gasteiger partial charge in [0.2, 0.25) is 0 Å². The molecule has 120 valence electrons. The van der Waals surface area contributed by atoms with Crippen molar-refractivity contribution in [3.05, 3.63) is 34.9 Å². The first-order chi connectivity index (χ1) is 9.81. The van der Waals surface area contributed by atoms with E-state index in [-0.39, 0.29) is 5.54 Å². The van der Waals surface area contributed by atoms with Crippen molar-refractivity contribution in [2.75, 3.05) is 20.1 Å². The number of hydrogen-bond donors (Lipinski definition) is 1. The maximum atomic E-state index is 6.27. The van der Waals surface area contributed by atoms with Crippen LogP contribution in [0.2, 0.25) is 5.02 Å². The van der Waals surface area contributed by atoms with Gasteiger partial charge < -0.3 is 5.32 Å². The Hall–Kier alpha value is -0.570. The predicted molar refractivity (Wildman–Crippen MR) is 94.1 cm³/mol. The highest BCUT2D eigenvalue weighted by Gasteiger charge is 2.13. The molecule has 0 spiro atoms. The first-order valence-corrected chi connectivity index (χ1v) is 8.39. The molecule has 0 radical (unpaired) electrons. The van der Waals surface area contributed by atoms with Gasteiger partial charge in [-0.05, 0) is 72.3 Å². The van der Waals surface area contributed by atoms with E-state index in [9.17, 15) is 0 Å². The van der Waals surface area contributed by atoms with Crippen molar-refractivity contribution in [1.29, 1.82) is 0 Å². The number of unbranched alkanes of at least 4 members (excludes halogenated alkanes) is 2. The fourth-order valence-corrected chi connectivity index (χ4v) is 2.66. The molecular formula is C18H31ClN2. The van der Waals surface area contributed by atoms with Crippen molar-refractivity contribution in [3.63, 3.8) is 0 Å². The molecular weight excluding hydrogens is 280 g/mol. The first-order valence-electron chi connectivity index (χ1n) is 8.01. The minimum atomic E-state index is 0.232. The van der Waals surface area contributed by atoms with E-state index < -0.39 is 0 Å². The molecule has 0 aromatic heterocycles. The number of rotatable bonds is 8. The van der Waals surface area contributed by atoms with Gasteiger partial charge in [0.15, 0.2) is 0 Å². The summed E-state index contributed by atoms with van der Waals surface area (Å²) in [6.07, 6.45) is 3.74. The highest BCUT2D eigenvalue weighted by atomic mass is 35.5. The zero-order chi connectivity index (χ0) is 15.9. The molecule has 0 fully saturated rings. The monoisotopic (exact) mass is 310 g/mol. The highest BCUT2D eigenvalue weighted by Crippen LogP contribution is 2.26. The number of halogens is 1. The summed E-state index contributed by atoms with van der Waals surface area (Å²) < 4.78 is 0. The fourth-order valence-electron chi connectivity index (χ4n) is 2.37. The SMILES string of the molecule is CC(c1ccccc1Cl)N(C)CCCCCNC(C)(C)C. The van der Waals surface area contributed by atoms with Gasteiger partial charge in [-0.3, -0.25) is 4.90 Å². The van der Waals surface area contributed by atoms with Crippen molar-refractivity contribution >= 4 is 11.6 Å². The Labute approximate surface area is 135 Å². The van der Waals surface area contributed by atoms with E-state index in [4.69, 9.17) is 11.6 Å². The summed E-state index contributed by atoms with van der Waals surface area (Å²) in [4.78, 5) is 2.39. The molecule has 0 aliphatic rings. The average Bonchev–Trinajstić information content (AvgIpc) is 2.41. The van der Waals surface area contributed by atoms with Crippen LogP contribution in [-0.2, 0) is 0 Å². The summed E-state index contributed by atoms with van der Waals surface area (Å²) in [5, 5.41) is 4.40. The predicted octanol–water partition coefficient (Wildman–Crippen LogP) is 4.89. The van der Waals surface area contributed by atoms with E-state index in [1.54, 1.807) is 0 Å². The van der Waals surface area contributed by atoms with Crippen molar-refractivity contribution in [1.82, 2.24) is 10.2 Å². The highest BCUT2D eigenvalue weighted by molar-refractivity contribution is 6.31. The minimum absolute atomic E-state index is 0.232. The summed E-state index contributed by atoms with van der Waals surface area (Å²) in [5.74, 6) is 0. The number of hydrogen-bond acceptors (Lipinski definition) is 2. The lowest BCUT2D eigenvalue weighted by Gasteiger charge is -2.26. The van der Waals surface area contributed by atoms with Crippen molar-refractivity contribution in [3.8, 4) is 0 Å². The van der Waals surface area contributed by atoms with E-state index >= 15 is 0 Å². The van der Waals surface area contributed by atoms with Gasteiger partial charge in [-0.1, -0.05) is 36.2 Å². The summed E-state index contributed by atoms with van der Waals surface area (Å²) in [6.45, 7) is 11.1. The third-order valence-corrected chi connectivity index (χ3v) is 4.20. The quantitative estimate of drug-likeness (QED) is 0.688. The van der Waals surface area contributed by atoms with E-state index in [2.05, 4.69) is 57.1 Å². The van der Waals surface area contributed by atoms with Crippen LogP contribution in [-0.4, -0.2) is 30.6 Å². The molecule has 0 heterocycles. The molecule has 1 atom stereocenters. The second kappa shape index (κ2) is 8.77. The van der Waals surface area contributed by atoms with Crippen LogP contribution in [0.25, 0.3) is 0 Å². The van der Waals surface area contributed by atoms with Crippen molar-refractivity contribution in [2.45, 2.75) is 58.5 Å². The van der Waals surface area contributed by atoms with Crippen molar-refractivity contribution in [2.24, 2.45) is 0 Å². The normalized spacial score (nSPS) is 13.7. The van der Waals surface area contributed by atoms with Gasteiger partial charge in [-0.15, -0.1) is 0 Å². The molecule has 0 saturated heterocycles. The molecule has 0 aliphatic carbocycles. The summed E-state index contributed by atoms with van der Waals surface area (Å²) in [7, 11) is 2.18. The van der Waals surface area contributed by atoms with Gasteiger partial charge in [0.1, 0.15) is 0 Å². The van der Waals surface area contributed by atoms with Crippen LogP contribution in [0.15, 0.2) is 24.3 Å². The van der Waals surface area contributed by atoms with Crippen LogP contribution in [0.4, 0.5) is 0 Å². The topological polar surface area (TPSA) is 15.3 Å². The summed E-state index contributed by atoms with van der Waals surface area (Å²) in [5.41, 5.74) is 1.45. The Morgan fingerprint density at radius 3 is 2.43 bits per heavy atom. The smallest absolute Gasteiger partial charge is 0.0453 e. The third kappa shape index (κ3) is 7.30. The van der Waals surface area contributed by atoms with Crippen LogP contribution in [0.3, 0.4) is 0 Å². The first kappa shape index (κ1) is 18.5. The van der Waals surface area contributed by atoms with E-state index in [0.29, 0.717) is 6.04 Å². The number of nitrogens with zero attached hydrogens (tertiary/aromatic N) is 1. The Kier molecular flexibility index (Phi) is 7.72. The van der Waals surface area contributed by atoms with Gasteiger partial charge in [0, 0.05) is 16.6 Å². The molecule has 2 nitrogen and oxygen atoms in total. The van der Waals surface area contributed by atoms with Gasteiger partial charge in [0.25, 0.3) is 0 Å². The molecule has 3 heteroatoms. The van der Waals surface area contributed by atoms with Crippen LogP contribution in [0, 0.1) is 0 Å². The van der Waals surface area contributed by atoms with E-state index in [1.165, 1.54) is 24.8 Å². The van der Waals surface area contributed by atoms with Gasteiger partial charge in [0.05, 0.1) is 0 Å². The molecule has 1 aromatic carbocycles. The lowest BCUT2D eigenvalue weighted by atomic mass is 10.1. The Balaban J connectivity index is 2.25. The number of nitrogens with one attached hydrogen (secondary N) is 1. The van der Waals surface area contributed by atoms with Crippen LogP contribution in [0.5, 0.6) is 0 Å². The van der Waals surface area contributed by atoms with Crippen LogP contribution >= 0.6 is 11.6 Å². The average molecular weight is 311 g/mol. The molecule has 1 N–H and O–H groups in total. The lowest BCUT2D eigenvalue weighted by Crippen LogP contribution is -2.36. The molecule has 1 unspecified atom stereocenters. The second-order valence-electron chi connectivity index (χ2n) is 6.92. The molecule has 0 amide bonds. The van der Waals surface area contributed by atoms with Gasteiger partial charge in [-0.25, -0.2) is 0 Å². The third-order valence-electron chi connectivity index (χ3n) is 3.86. The Morgan fingerprint density at radius 1 is 1.14 bits per heavy atom. The number of benzene rings is 1. The van der Waals surface area contributed by atoms with E-state index in [0.717, 1.165) is 18.1 Å². The maximum Gasteiger partial charge on any atom is 0.0453 e. The lowest BCUT2D eigenvalue weighted by molar-refractivity contribution is 0.255. The fraction of sp³-hybridized carbons (Fsp3) is 0.667. The summed E-state index contributed by atoms with van der Waals surface area (Å²) in [6, 6.07) is 8.51. The Bertz CT molecular complexity index is 412. The maximum absolute atomic E-state index is 6.27. The van der Waals surface area contributed by atoms with Crippen LogP contribution < -0.4 is 5.32 Å². The zero-order valence-corrected chi connectivity index (χ0v) is 15.0. The zero-order valence-electron chi connectivity index (χ0n) is 14.2. The largest absolute Gasteiger partial charge is 0.312 e. The minimum Gasteiger partial charge on any atom is -0.312 e. The molecule has 0 bridgehead atoms. The molecule has 21 heavy (non-hydrogen) atoms. The Morgan fingerprint density at radius 2 is 1.81 bits per heavy atom. The van der Waals surface area contributed by atoms with Crippen LogP contribution in [0.1, 0.15) is 58.6 Å².